The number of carbonyl (C=O) groups excluding carboxylic acids is 1. The van der Waals surface area contributed by atoms with E-state index in [9.17, 15) is 9.00 Å². The van der Waals surface area contributed by atoms with E-state index in [1.54, 1.807) is 18.2 Å². The van der Waals surface area contributed by atoms with Crippen molar-refractivity contribution in [1.29, 1.82) is 0 Å². The lowest BCUT2D eigenvalue weighted by Crippen LogP contribution is -2.40. The number of rotatable bonds is 3. The normalized spacial score (nSPS) is 17.9. The monoisotopic (exact) mass is 305 g/mol. The van der Waals surface area contributed by atoms with Gasteiger partial charge in [0.05, 0.1) is 11.6 Å². The van der Waals surface area contributed by atoms with Gasteiger partial charge in [0.1, 0.15) is 0 Å². The van der Waals surface area contributed by atoms with Crippen molar-refractivity contribution in [3.63, 3.8) is 0 Å². The van der Waals surface area contributed by atoms with Crippen molar-refractivity contribution in [2.24, 2.45) is 0 Å². The topological polar surface area (TPSA) is 37.4 Å². The van der Waals surface area contributed by atoms with E-state index in [1.807, 2.05) is 4.90 Å². The van der Waals surface area contributed by atoms with E-state index >= 15 is 0 Å². The van der Waals surface area contributed by atoms with Crippen LogP contribution in [0.15, 0.2) is 18.2 Å². The Morgan fingerprint density at radius 2 is 1.94 bits per heavy atom. The van der Waals surface area contributed by atoms with E-state index < -0.39 is 10.8 Å². The zero-order chi connectivity index (χ0) is 13.1. The molecule has 3 nitrogen and oxygen atoms in total. The first-order valence-electron chi connectivity index (χ1n) is 5.62. The zero-order valence-corrected chi connectivity index (χ0v) is 12.0. The first-order valence-corrected chi connectivity index (χ1v) is 7.86. The predicted molar refractivity (Wildman–Crippen MR) is 75.1 cm³/mol. The maximum Gasteiger partial charge on any atom is 0.178 e. The lowest BCUT2D eigenvalue weighted by molar-refractivity contribution is 0.0937. The smallest absolute Gasteiger partial charge is 0.178 e. The standard InChI is InChI=1S/C12H13Cl2NO2S/c13-9-1-2-10(11(14)7-9)12(16)8-15-3-5-18(17)6-4-15/h1-2,7H,3-6,8H2. The molecular formula is C12H13Cl2NO2S. The molecule has 0 unspecified atom stereocenters. The summed E-state index contributed by atoms with van der Waals surface area (Å²) in [5.41, 5.74) is 0.493. The Morgan fingerprint density at radius 1 is 1.28 bits per heavy atom. The number of ketones is 1. The van der Waals surface area contributed by atoms with Gasteiger partial charge in [0.2, 0.25) is 0 Å². The van der Waals surface area contributed by atoms with Crippen LogP contribution in [0.1, 0.15) is 10.4 Å². The molecule has 2 rings (SSSR count). The summed E-state index contributed by atoms with van der Waals surface area (Å²) in [6, 6.07) is 4.88. The third kappa shape index (κ3) is 3.54. The first kappa shape index (κ1) is 14.0. The van der Waals surface area contributed by atoms with Crippen LogP contribution < -0.4 is 0 Å². The first-order chi connectivity index (χ1) is 8.56. The quantitative estimate of drug-likeness (QED) is 0.804. The minimum absolute atomic E-state index is 0.0238. The van der Waals surface area contributed by atoms with Gasteiger partial charge in [-0.3, -0.25) is 13.9 Å². The molecule has 1 aromatic carbocycles. The van der Waals surface area contributed by atoms with Crippen molar-refractivity contribution in [3.05, 3.63) is 33.8 Å². The Bertz CT molecular complexity index is 483. The fraction of sp³-hybridized carbons (Fsp3) is 0.417. The van der Waals surface area contributed by atoms with Crippen molar-refractivity contribution in [3.8, 4) is 0 Å². The Kier molecular flexibility index (Phi) is 4.78. The lowest BCUT2D eigenvalue weighted by atomic mass is 10.1. The second-order valence-electron chi connectivity index (χ2n) is 4.17. The van der Waals surface area contributed by atoms with Gasteiger partial charge in [0.15, 0.2) is 5.78 Å². The van der Waals surface area contributed by atoms with Crippen LogP contribution in [0.25, 0.3) is 0 Å². The van der Waals surface area contributed by atoms with E-state index in [0.29, 0.717) is 46.7 Å². The van der Waals surface area contributed by atoms with Gasteiger partial charge in [-0.15, -0.1) is 0 Å². The van der Waals surface area contributed by atoms with Crippen molar-refractivity contribution in [1.82, 2.24) is 4.90 Å². The molecule has 0 radical (unpaired) electrons. The molecule has 1 aromatic rings. The number of nitrogens with zero attached hydrogens (tertiary/aromatic N) is 1. The third-order valence-corrected chi connectivity index (χ3v) is 4.69. The molecule has 0 saturated carbocycles. The molecule has 0 bridgehead atoms. The van der Waals surface area contributed by atoms with E-state index in [4.69, 9.17) is 23.2 Å². The molecule has 1 fully saturated rings. The van der Waals surface area contributed by atoms with E-state index in [0.717, 1.165) is 0 Å². The van der Waals surface area contributed by atoms with Crippen LogP contribution in [0.5, 0.6) is 0 Å². The summed E-state index contributed by atoms with van der Waals surface area (Å²) in [5.74, 6) is 1.26. The Labute approximate surface area is 119 Å². The van der Waals surface area contributed by atoms with Gasteiger partial charge >= 0.3 is 0 Å². The van der Waals surface area contributed by atoms with Gasteiger partial charge in [0.25, 0.3) is 0 Å². The van der Waals surface area contributed by atoms with E-state index in [-0.39, 0.29) is 5.78 Å². The van der Waals surface area contributed by atoms with Gasteiger partial charge in [-0.2, -0.15) is 0 Å². The molecule has 98 valence electrons. The van der Waals surface area contributed by atoms with Crippen molar-refractivity contribution in [2.75, 3.05) is 31.1 Å². The fourth-order valence-corrected chi connectivity index (χ4v) is 3.48. The lowest BCUT2D eigenvalue weighted by Gasteiger charge is -2.25. The minimum atomic E-state index is -0.724. The maximum absolute atomic E-state index is 12.1. The summed E-state index contributed by atoms with van der Waals surface area (Å²) in [6.07, 6.45) is 0. The van der Waals surface area contributed by atoms with Crippen LogP contribution >= 0.6 is 23.2 Å². The van der Waals surface area contributed by atoms with Gasteiger partial charge in [0, 0.05) is 46.0 Å². The summed E-state index contributed by atoms with van der Waals surface area (Å²) >= 11 is 11.8. The summed E-state index contributed by atoms with van der Waals surface area (Å²) < 4.78 is 11.2. The van der Waals surface area contributed by atoms with Crippen LogP contribution in [0.2, 0.25) is 10.0 Å². The molecule has 1 aliphatic rings. The largest absolute Gasteiger partial charge is 0.294 e. The highest BCUT2D eigenvalue weighted by Gasteiger charge is 2.19. The summed E-state index contributed by atoms with van der Waals surface area (Å²) in [6.45, 7) is 1.71. The summed E-state index contributed by atoms with van der Waals surface area (Å²) in [5, 5.41) is 0.901. The molecule has 0 atom stereocenters. The zero-order valence-electron chi connectivity index (χ0n) is 9.70. The average Bonchev–Trinajstić information content (AvgIpc) is 2.32. The number of benzene rings is 1. The molecule has 0 N–H and O–H groups in total. The Balaban J connectivity index is 2.01. The number of carbonyl (C=O) groups is 1. The number of hydrogen-bond donors (Lipinski definition) is 0. The number of hydrogen-bond acceptors (Lipinski definition) is 3. The van der Waals surface area contributed by atoms with Crippen molar-refractivity contribution < 1.29 is 9.00 Å². The molecular weight excluding hydrogens is 293 g/mol. The molecule has 1 saturated heterocycles. The second kappa shape index (κ2) is 6.15. The van der Waals surface area contributed by atoms with Gasteiger partial charge in [-0.05, 0) is 18.2 Å². The molecule has 0 aliphatic carbocycles. The van der Waals surface area contributed by atoms with E-state index in [2.05, 4.69) is 0 Å². The summed E-state index contributed by atoms with van der Waals surface area (Å²) in [7, 11) is -0.724. The molecule has 18 heavy (non-hydrogen) atoms. The highest BCUT2D eigenvalue weighted by atomic mass is 35.5. The van der Waals surface area contributed by atoms with Gasteiger partial charge in [-0.1, -0.05) is 23.2 Å². The highest BCUT2D eigenvalue weighted by Crippen LogP contribution is 2.21. The maximum atomic E-state index is 12.1. The summed E-state index contributed by atoms with van der Waals surface area (Å²) in [4.78, 5) is 14.1. The minimum Gasteiger partial charge on any atom is -0.294 e. The Morgan fingerprint density at radius 3 is 2.56 bits per heavy atom. The molecule has 0 aromatic heterocycles. The van der Waals surface area contributed by atoms with Crippen LogP contribution in [0, 0.1) is 0 Å². The SMILES string of the molecule is O=C(CN1CCS(=O)CC1)c1ccc(Cl)cc1Cl. The van der Waals surface area contributed by atoms with Crippen LogP contribution in [0.3, 0.4) is 0 Å². The predicted octanol–water partition coefficient (Wildman–Crippen LogP) is 2.24. The average molecular weight is 306 g/mol. The molecule has 1 heterocycles. The van der Waals surface area contributed by atoms with Crippen LogP contribution in [-0.4, -0.2) is 46.0 Å². The van der Waals surface area contributed by atoms with Crippen molar-refractivity contribution >= 4 is 39.8 Å². The van der Waals surface area contributed by atoms with Gasteiger partial charge < -0.3 is 0 Å². The van der Waals surface area contributed by atoms with Crippen LogP contribution in [-0.2, 0) is 10.8 Å². The van der Waals surface area contributed by atoms with E-state index in [1.165, 1.54) is 0 Å². The molecule has 0 amide bonds. The molecule has 0 spiro atoms. The molecule has 1 aliphatic heterocycles. The number of Topliss-reactive ketones (excluding diaryl/α,β-unsaturated/α-hetero) is 1. The number of halogens is 2. The highest BCUT2D eigenvalue weighted by molar-refractivity contribution is 7.85. The van der Waals surface area contributed by atoms with Gasteiger partial charge in [-0.25, -0.2) is 0 Å². The van der Waals surface area contributed by atoms with Crippen molar-refractivity contribution in [2.45, 2.75) is 0 Å². The third-order valence-electron chi connectivity index (χ3n) is 2.87. The molecule has 6 heteroatoms. The Hall–Kier alpha value is -0.420. The fourth-order valence-electron chi connectivity index (χ4n) is 1.84. The van der Waals surface area contributed by atoms with Crippen LogP contribution in [0.4, 0.5) is 0 Å². The second-order valence-corrected chi connectivity index (χ2v) is 6.71.